The molecule has 2 fully saturated rings. The van der Waals surface area contributed by atoms with Crippen molar-refractivity contribution in [3.8, 4) is 6.07 Å². The molecule has 2 aliphatic rings. The third-order valence-corrected chi connectivity index (χ3v) is 4.72. The quantitative estimate of drug-likeness (QED) is 0.242. The molecule has 0 amide bonds. The summed E-state index contributed by atoms with van der Waals surface area (Å²) in [5.41, 5.74) is 5.03. The first kappa shape index (κ1) is 25.1. The molecule has 0 spiro atoms. The molecular formula is C17H32N2O9. The van der Waals surface area contributed by atoms with Crippen molar-refractivity contribution in [1.82, 2.24) is 0 Å². The molecular weight excluding hydrogens is 376 g/mol. The average molecular weight is 408 g/mol. The molecule has 2 saturated heterocycles. The van der Waals surface area contributed by atoms with Gasteiger partial charge in [-0.2, -0.15) is 5.26 Å². The maximum absolute atomic E-state index is 10.2. The molecule has 164 valence electrons. The molecule has 2 aliphatic heterocycles. The molecule has 0 aliphatic carbocycles. The summed E-state index contributed by atoms with van der Waals surface area (Å²) in [7, 11) is 0. The second-order valence-corrected chi connectivity index (χ2v) is 6.79. The van der Waals surface area contributed by atoms with Gasteiger partial charge in [-0.15, -0.1) is 0 Å². The molecule has 0 radical (unpaired) electrons. The molecule has 0 saturated carbocycles. The summed E-state index contributed by atoms with van der Waals surface area (Å²) < 4.78 is 16.1. The first-order valence-electron chi connectivity index (χ1n) is 9.27. The number of rotatable bonds is 5. The van der Waals surface area contributed by atoms with Crippen LogP contribution in [0, 0.1) is 17.2 Å². The van der Waals surface area contributed by atoms with Crippen LogP contribution in [0.15, 0.2) is 0 Å². The SMILES string of the molecule is CC1OC(CO)C(O)C(OC2OC(CO)C(O)C(O)C2O)C1C#N.CCCN. The lowest BCUT2D eigenvalue weighted by atomic mass is 9.88. The minimum atomic E-state index is -1.65. The van der Waals surface area contributed by atoms with E-state index in [2.05, 4.69) is 6.92 Å². The molecule has 2 heterocycles. The Balaban J connectivity index is 0.000000892. The molecule has 28 heavy (non-hydrogen) atoms. The van der Waals surface area contributed by atoms with E-state index in [-0.39, 0.29) is 0 Å². The summed E-state index contributed by atoms with van der Waals surface area (Å²) in [6.07, 6.45) is -10.6. The molecule has 10 unspecified atom stereocenters. The van der Waals surface area contributed by atoms with Crippen LogP contribution in [0.2, 0.25) is 0 Å². The monoisotopic (exact) mass is 408 g/mol. The first-order valence-corrected chi connectivity index (χ1v) is 9.27. The van der Waals surface area contributed by atoms with E-state index in [9.17, 15) is 35.9 Å². The second-order valence-electron chi connectivity index (χ2n) is 6.79. The van der Waals surface area contributed by atoms with E-state index in [1.54, 1.807) is 6.92 Å². The van der Waals surface area contributed by atoms with Crippen LogP contribution in [0.4, 0.5) is 0 Å². The summed E-state index contributed by atoms with van der Waals surface area (Å²) in [4.78, 5) is 0. The highest BCUT2D eigenvalue weighted by Gasteiger charge is 2.50. The van der Waals surface area contributed by atoms with Crippen molar-refractivity contribution in [2.45, 2.75) is 75.4 Å². The number of ether oxygens (including phenoxy) is 3. The van der Waals surface area contributed by atoms with E-state index in [1.165, 1.54) is 0 Å². The number of hydrogen-bond donors (Lipinski definition) is 7. The van der Waals surface area contributed by atoms with Crippen molar-refractivity contribution < 1.29 is 44.8 Å². The lowest BCUT2D eigenvalue weighted by Crippen LogP contribution is -2.62. The molecule has 10 atom stereocenters. The molecule has 0 bridgehead atoms. The topological polar surface area (TPSA) is 199 Å². The Morgan fingerprint density at radius 3 is 1.96 bits per heavy atom. The number of hydrogen-bond acceptors (Lipinski definition) is 11. The van der Waals surface area contributed by atoms with E-state index in [1.807, 2.05) is 6.07 Å². The zero-order valence-corrected chi connectivity index (χ0v) is 16.0. The molecule has 0 aromatic rings. The highest BCUT2D eigenvalue weighted by Crippen LogP contribution is 2.31. The van der Waals surface area contributed by atoms with Gasteiger partial charge in [-0.25, -0.2) is 0 Å². The molecule has 8 N–H and O–H groups in total. The van der Waals surface area contributed by atoms with E-state index in [0.29, 0.717) is 0 Å². The number of nitrogens with two attached hydrogens (primary N) is 1. The predicted molar refractivity (Wildman–Crippen MR) is 94.5 cm³/mol. The van der Waals surface area contributed by atoms with Crippen LogP contribution < -0.4 is 5.73 Å². The van der Waals surface area contributed by atoms with Crippen molar-refractivity contribution in [3.05, 3.63) is 0 Å². The van der Waals surface area contributed by atoms with Gasteiger partial charge in [0.15, 0.2) is 6.29 Å². The largest absolute Gasteiger partial charge is 0.394 e. The Hall–Kier alpha value is -0.910. The van der Waals surface area contributed by atoms with Gasteiger partial charge in [0.25, 0.3) is 0 Å². The molecule has 0 aromatic carbocycles. The van der Waals surface area contributed by atoms with E-state index >= 15 is 0 Å². The van der Waals surface area contributed by atoms with Crippen molar-refractivity contribution in [3.63, 3.8) is 0 Å². The van der Waals surface area contributed by atoms with Crippen LogP contribution in [0.5, 0.6) is 0 Å². The maximum atomic E-state index is 10.2. The number of nitrogens with zero attached hydrogens (tertiary/aromatic N) is 1. The van der Waals surface area contributed by atoms with Crippen LogP contribution in [-0.4, -0.2) is 106 Å². The summed E-state index contributed by atoms with van der Waals surface area (Å²) in [6, 6.07) is 1.94. The Kier molecular flexibility index (Phi) is 10.7. The van der Waals surface area contributed by atoms with E-state index < -0.39 is 74.3 Å². The van der Waals surface area contributed by atoms with Gasteiger partial charge in [0.2, 0.25) is 0 Å². The highest BCUT2D eigenvalue weighted by molar-refractivity contribution is 5.02. The standard InChI is InChI=1S/C14H23NO9.C3H9N/c1-5-6(2-15)13(10(19)8(4-17)22-5)24-14-12(21)11(20)9(18)7(3-16)23-14;1-2-3-4/h5-14,16-21H,3-4H2,1H3;2-4H2,1H3. The van der Waals surface area contributed by atoms with Gasteiger partial charge in [-0.1, -0.05) is 6.92 Å². The van der Waals surface area contributed by atoms with Gasteiger partial charge < -0.3 is 50.6 Å². The van der Waals surface area contributed by atoms with Crippen LogP contribution in [-0.2, 0) is 14.2 Å². The van der Waals surface area contributed by atoms with Crippen molar-refractivity contribution in [2.24, 2.45) is 11.7 Å². The fourth-order valence-corrected chi connectivity index (χ4v) is 2.96. The van der Waals surface area contributed by atoms with Crippen molar-refractivity contribution in [2.75, 3.05) is 19.8 Å². The smallest absolute Gasteiger partial charge is 0.187 e. The number of aliphatic hydroxyl groups is 6. The summed E-state index contributed by atoms with van der Waals surface area (Å²) in [5, 5.41) is 67.5. The van der Waals surface area contributed by atoms with E-state index in [4.69, 9.17) is 19.9 Å². The van der Waals surface area contributed by atoms with Crippen LogP contribution in [0.25, 0.3) is 0 Å². The van der Waals surface area contributed by atoms with Gasteiger partial charge in [0.05, 0.1) is 25.4 Å². The normalized spacial score (nSPS) is 43.6. The minimum absolute atomic E-state index is 0.502. The highest BCUT2D eigenvalue weighted by atomic mass is 16.7. The van der Waals surface area contributed by atoms with Crippen LogP contribution in [0.3, 0.4) is 0 Å². The summed E-state index contributed by atoms with van der Waals surface area (Å²) in [6.45, 7) is 3.32. The van der Waals surface area contributed by atoms with Crippen LogP contribution in [0.1, 0.15) is 20.3 Å². The Bertz CT molecular complexity index is 488. The average Bonchev–Trinajstić information content (AvgIpc) is 2.70. The van der Waals surface area contributed by atoms with E-state index in [0.717, 1.165) is 13.0 Å². The molecule has 11 heteroatoms. The third kappa shape index (κ3) is 5.80. The van der Waals surface area contributed by atoms with Crippen molar-refractivity contribution >= 4 is 0 Å². The second kappa shape index (κ2) is 11.9. The molecule has 11 nitrogen and oxygen atoms in total. The lowest BCUT2D eigenvalue weighted by Gasteiger charge is -2.45. The maximum Gasteiger partial charge on any atom is 0.187 e. The van der Waals surface area contributed by atoms with Gasteiger partial charge in [0, 0.05) is 0 Å². The first-order chi connectivity index (χ1) is 13.3. The Morgan fingerprint density at radius 1 is 0.964 bits per heavy atom. The molecule has 0 aromatic heterocycles. The number of nitriles is 1. The summed E-state index contributed by atoms with van der Waals surface area (Å²) >= 11 is 0. The zero-order chi connectivity index (χ0) is 21.4. The Morgan fingerprint density at radius 2 is 1.50 bits per heavy atom. The fourth-order valence-electron chi connectivity index (χ4n) is 2.96. The molecule has 2 rings (SSSR count). The van der Waals surface area contributed by atoms with Crippen LogP contribution >= 0.6 is 0 Å². The van der Waals surface area contributed by atoms with Crippen molar-refractivity contribution in [1.29, 1.82) is 5.26 Å². The number of aliphatic hydroxyl groups excluding tert-OH is 6. The Labute approximate surface area is 163 Å². The van der Waals surface area contributed by atoms with Gasteiger partial charge in [0.1, 0.15) is 48.6 Å². The van der Waals surface area contributed by atoms with Gasteiger partial charge in [-0.05, 0) is 19.9 Å². The zero-order valence-electron chi connectivity index (χ0n) is 16.0. The third-order valence-electron chi connectivity index (χ3n) is 4.72. The predicted octanol–water partition coefficient (Wildman–Crippen LogP) is -3.19. The summed E-state index contributed by atoms with van der Waals surface area (Å²) in [5.74, 6) is -0.921. The lowest BCUT2D eigenvalue weighted by molar-refractivity contribution is -0.333. The minimum Gasteiger partial charge on any atom is -0.394 e. The van der Waals surface area contributed by atoms with Gasteiger partial charge in [-0.3, -0.25) is 0 Å². The fraction of sp³-hybridized carbons (Fsp3) is 0.941. The van der Waals surface area contributed by atoms with Gasteiger partial charge >= 0.3 is 0 Å².